The van der Waals surface area contributed by atoms with E-state index >= 15 is 0 Å². The van der Waals surface area contributed by atoms with E-state index in [-0.39, 0.29) is 0 Å². The van der Waals surface area contributed by atoms with Gasteiger partial charge in [0, 0.05) is 11.9 Å². The molecule has 0 saturated heterocycles. The van der Waals surface area contributed by atoms with E-state index in [2.05, 4.69) is 12.2 Å². The number of fused-ring (bicyclic) bond motifs is 1. The molecule has 1 fully saturated rings. The van der Waals surface area contributed by atoms with E-state index in [4.69, 9.17) is 22.9 Å². The third-order valence-electron chi connectivity index (χ3n) is 4.56. The first-order valence-corrected chi connectivity index (χ1v) is 7.99. The number of pyridine rings is 1. The van der Waals surface area contributed by atoms with Gasteiger partial charge < -0.3 is 11.1 Å². The van der Waals surface area contributed by atoms with Crippen molar-refractivity contribution in [3.05, 3.63) is 35.9 Å². The fraction of sp³-hybridized carbons (Fsp3) is 0.412. The molecule has 3 N–H and O–H groups in total. The topological polar surface area (TPSA) is 50.9 Å². The highest BCUT2D eigenvalue weighted by atomic mass is 32.1. The lowest BCUT2D eigenvalue weighted by Gasteiger charge is -2.18. The van der Waals surface area contributed by atoms with Gasteiger partial charge in [0.1, 0.15) is 10.8 Å². The molecule has 2 atom stereocenters. The first-order valence-electron chi connectivity index (χ1n) is 7.58. The molecule has 0 amide bonds. The Labute approximate surface area is 130 Å². The number of hydrogen-bond donors (Lipinski definition) is 2. The summed E-state index contributed by atoms with van der Waals surface area (Å²) in [6, 6.07) is 10.1. The maximum absolute atomic E-state index is 5.87. The fourth-order valence-corrected chi connectivity index (χ4v) is 3.35. The molecule has 1 aromatic carbocycles. The van der Waals surface area contributed by atoms with Crippen LogP contribution in [0.4, 0.5) is 5.82 Å². The van der Waals surface area contributed by atoms with Crippen molar-refractivity contribution in [2.24, 2.45) is 17.6 Å². The minimum atomic E-state index is 0.398. The van der Waals surface area contributed by atoms with Gasteiger partial charge in [-0.1, -0.05) is 50.2 Å². The number of anilines is 1. The summed E-state index contributed by atoms with van der Waals surface area (Å²) in [6.45, 7) is 3.28. The average molecular weight is 299 g/mol. The highest BCUT2D eigenvalue weighted by Gasteiger charge is 2.23. The van der Waals surface area contributed by atoms with E-state index in [1.54, 1.807) is 0 Å². The van der Waals surface area contributed by atoms with Crippen LogP contribution in [0.15, 0.2) is 30.3 Å². The van der Waals surface area contributed by atoms with Crippen LogP contribution in [0.1, 0.15) is 31.7 Å². The lowest BCUT2D eigenvalue weighted by atomic mass is 9.98. The van der Waals surface area contributed by atoms with Crippen LogP contribution in [-0.4, -0.2) is 16.5 Å². The van der Waals surface area contributed by atoms with Crippen molar-refractivity contribution >= 4 is 33.9 Å². The molecule has 2 aromatic rings. The largest absolute Gasteiger partial charge is 0.389 e. The second-order valence-corrected chi connectivity index (χ2v) is 6.43. The summed E-state index contributed by atoms with van der Waals surface area (Å²) in [5, 5.41) is 4.55. The summed E-state index contributed by atoms with van der Waals surface area (Å²) in [6.07, 6.45) is 3.96. The summed E-state index contributed by atoms with van der Waals surface area (Å²) < 4.78 is 0. The maximum Gasteiger partial charge on any atom is 0.136 e. The molecule has 1 aliphatic rings. The predicted molar refractivity (Wildman–Crippen MR) is 92.6 cm³/mol. The lowest BCUT2D eigenvalue weighted by molar-refractivity contribution is 0.439. The molecule has 1 saturated carbocycles. The van der Waals surface area contributed by atoms with Crippen molar-refractivity contribution in [3.8, 4) is 0 Å². The molecule has 3 rings (SSSR count). The molecule has 4 heteroatoms. The molecule has 1 aromatic heterocycles. The molecule has 21 heavy (non-hydrogen) atoms. The zero-order chi connectivity index (χ0) is 14.8. The van der Waals surface area contributed by atoms with Crippen LogP contribution in [0.3, 0.4) is 0 Å². The molecule has 1 heterocycles. The minimum absolute atomic E-state index is 0.398. The van der Waals surface area contributed by atoms with Crippen molar-refractivity contribution in [1.29, 1.82) is 0 Å². The number of thiocarbonyl (C=S) groups is 1. The number of benzene rings is 1. The highest BCUT2D eigenvalue weighted by Crippen LogP contribution is 2.31. The summed E-state index contributed by atoms with van der Waals surface area (Å²) in [5.41, 5.74) is 7.68. The van der Waals surface area contributed by atoms with E-state index in [0.717, 1.165) is 40.7 Å². The Kier molecular flexibility index (Phi) is 4.06. The van der Waals surface area contributed by atoms with Crippen LogP contribution in [0, 0.1) is 11.8 Å². The van der Waals surface area contributed by atoms with Gasteiger partial charge in [-0.15, -0.1) is 0 Å². The number of aromatic nitrogens is 1. The monoisotopic (exact) mass is 299 g/mol. The lowest BCUT2D eigenvalue weighted by Crippen LogP contribution is -2.20. The summed E-state index contributed by atoms with van der Waals surface area (Å²) in [4.78, 5) is 5.10. The standard InChI is InChI=1S/C17H21N3S/c1-11-5-4-7-13(11)10-19-17-14(16(18)21)9-12-6-2-3-8-15(12)20-17/h2-3,6,8-9,11,13H,4-5,7,10H2,1H3,(H2,18,21)(H,19,20). The first kappa shape index (κ1) is 14.3. The molecule has 2 unspecified atom stereocenters. The van der Waals surface area contributed by atoms with Gasteiger partial charge in [-0.25, -0.2) is 4.98 Å². The SMILES string of the molecule is CC1CCCC1CNc1nc2ccccc2cc1C(N)=S. The molecule has 0 spiro atoms. The summed E-state index contributed by atoms with van der Waals surface area (Å²) >= 11 is 5.18. The van der Waals surface area contributed by atoms with Crippen LogP contribution in [0.2, 0.25) is 0 Å². The van der Waals surface area contributed by atoms with Crippen molar-refractivity contribution < 1.29 is 0 Å². The van der Waals surface area contributed by atoms with E-state index in [0.29, 0.717) is 4.99 Å². The smallest absolute Gasteiger partial charge is 0.136 e. The van der Waals surface area contributed by atoms with E-state index in [9.17, 15) is 0 Å². The molecular formula is C17H21N3S. The van der Waals surface area contributed by atoms with Crippen molar-refractivity contribution in [2.75, 3.05) is 11.9 Å². The Balaban J connectivity index is 1.88. The van der Waals surface area contributed by atoms with Crippen LogP contribution < -0.4 is 11.1 Å². The quantitative estimate of drug-likeness (QED) is 0.845. The number of rotatable bonds is 4. The van der Waals surface area contributed by atoms with Gasteiger partial charge in [0.05, 0.1) is 11.1 Å². The molecule has 110 valence electrons. The second-order valence-electron chi connectivity index (χ2n) is 5.99. The van der Waals surface area contributed by atoms with Crippen molar-refractivity contribution in [1.82, 2.24) is 4.98 Å². The Hall–Kier alpha value is -1.68. The average Bonchev–Trinajstić information content (AvgIpc) is 2.89. The molecule has 3 nitrogen and oxygen atoms in total. The van der Waals surface area contributed by atoms with Gasteiger partial charge in [-0.05, 0) is 30.4 Å². The third kappa shape index (κ3) is 3.00. The van der Waals surface area contributed by atoms with Gasteiger partial charge >= 0.3 is 0 Å². The number of hydrogen-bond acceptors (Lipinski definition) is 3. The third-order valence-corrected chi connectivity index (χ3v) is 4.78. The summed E-state index contributed by atoms with van der Waals surface area (Å²) in [5.74, 6) is 2.32. The normalized spacial score (nSPS) is 21.6. The van der Waals surface area contributed by atoms with Gasteiger partial charge in [0.2, 0.25) is 0 Å². The zero-order valence-corrected chi connectivity index (χ0v) is 13.1. The molecule has 0 bridgehead atoms. The minimum Gasteiger partial charge on any atom is -0.389 e. The summed E-state index contributed by atoms with van der Waals surface area (Å²) in [7, 11) is 0. The van der Waals surface area contributed by atoms with Crippen LogP contribution >= 0.6 is 12.2 Å². The predicted octanol–water partition coefficient (Wildman–Crippen LogP) is 3.72. The van der Waals surface area contributed by atoms with E-state index < -0.39 is 0 Å². The number of nitrogens with two attached hydrogens (primary N) is 1. The number of nitrogens with one attached hydrogen (secondary N) is 1. The fourth-order valence-electron chi connectivity index (χ4n) is 3.19. The Morgan fingerprint density at radius 3 is 2.90 bits per heavy atom. The molecule has 0 radical (unpaired) electrons. The van der Waals surface area contributed by atoms with Crippen LogP contribution in [0.25, 0.3) is 10.9 Å². The van der Waals surface area contributed by atoms with Gasteiger partial charge in [0.25, 0.3) is 0 Å². The first-order chi connectivity index (χ1) is 10.1. The highest BCUT2D eigenvalue weighted by molar-refractivity contribution is 7.80. The van der Waals surface area contributed by atoms with Gasteiger partial charge in [0.15, 0.2) is 0 Å². The maximum atomic E-state index is 5.87. The Morgan fingerprint density at radius 1 is 1.38 bits per heavy atom. The zero-order valence-electron chi connectivity index (χ0n) is 12.3. The Bertz CT molecular complexity index is 668. The Morgan fingerprint density at radius 2 is 2.19 bits per heavy atom. The molecule has 1 aliphatic carbocycles. The van der Waals surface area contributed by atoms with E-state index in [1.165, 1.54) is 19.3 Å². The second kappa shape index (κ2) is 5.98. The molecular weight excluding hydrogens is 278 g/mol. The molecule has 0 aliphatic heterocycles. The number of nitrogens with zero attached hydrogens (tertiary/aromatic N) is 1. The van der Waals surface area contributed by atoms with Crippen LogP contribution in [-0.2, 0) is 0 Å². The van der Waals surface area contributed by atoms with E-state index in [1.807, 2.05) is 30.3 Å². The van der Waals surface area contributed by atoms with Crippen molar-refractivity contribution in [2.45, 2.75) is 26.2 Å². The van der Waals surface area contributed by atoms with Crippen molar-refractivity contribution in [3.63, 3.8) is 0 Å². The van der Waals surface area contributed by atoms with Gasteiger partial charge in [-0.3, -0.25) is 0 Å². The van der Waals surface area contributed by atoms with Gasteiger partial charge in [-0.2, -0.15) is 0 Å². The number of para-hydroxylation sites is 1. The van der Waals surface area contributed by atoms with Crippen LogP contribution in [0.5, 0.6) is 0 Å².